The van der Waals surface area contributed by atoms with Gasteiger partial charge in [-0.3, -0.25) is 9.59 Å². The molecule has 0 aliphatic carbocycles. The minimum Gasteiger partial charge on any atom is -0.493 e. The molecule has 6 heteroatoms. The summed E-state index contributed by atoms with van der Waals surface area (Å²) < 4.78 is 11.4. The molecular weight excluding hydrogens is 452 g/mol. The van der Waals surface area contributed by atoms with Gasteiger partial charge in [-0.2, -0.15) is 0 Å². The second-order valence-corrected chi connectivity index (χ2v) is 9.15. The molecular formula is C30H34N2O4. The Kier molecular flexibility index (Phi) is 9.69. The van der Waals surface area contributed by atoms with Gasteiger partial charge in [-0.1, -0.05) is 56.3 Å². The first-order valence-corrected chi connectivity index (χ1v) is 12.1. The lowest BCUT2D eigenvalue weighted by Crippen LogP contribution is -2.34. The topological polar surface area (TPSA) is 76.7 Å². The quantitative estimate of drug-likeness (QED) is 0.346. The van der Waals surface area contributed by atoms with E-state index in [1.807, 2.05) is 68.4 Å². The number of nitrogens with one attached hydrogen (secondary N) is 2. The Morgan fingerprint density at radius 2 is 1.47 bits per heavy atom. The van der Waals surface area contributed by atoms with E-state index in [-0.39, 0.29) is 23.6 Å². The lowest BCUT2D eigenvalue weighted by atomic mass is 10.1. The molecule has 0 atom stereocenters. The molecule has 0 saturated carbocycles. The van der Waals surface area contributed by atoms with Gasteiger partial charge in [-0.15, -0.1) is 0 Å². The fourth-order valence-electron chi connectivity index (χ4n) is 3.27. The largest absolute Gasteiger partial charge is 0.493 e. The smallest absolute Gasteiger partial charge is 0.268 e. The molecule has 6 nitrogen and oxygen atoms in total. The molecule has 2 amide bonds. The summed E-state index contributed by atoms with van der Waals surface area (Å²) in [6, 6.07) is 23.8. The molecule has 0 heterocycles. The predicted octanol–water partition coefficient (Wildman–Crippen LogP) is 5.60. The lowest BCUT2D eigenvalue weighted by Gasteiger charge is -2.13. The number of hydrogen-bond donors (Lipinski definition) is 2. The van der Waals surface area contributed by atoms with Gasteiger partial charge in [0.2, 0.25) is 0 Å². The van der Waals surface area contributed by atoms with Crippen LogP contribution in [0.1, 0.15) is 49.2 Å². The molecule has 3 rings (SSSR count). The molecule has 0 unspecified atom stereocenters. The van der Waals surface area contributed by atoms with Crippen LogP contribution in [-0.4, -0.2) is 24.5 Å². The van der Waals surface area contributed by atoms with Gasteiger partial charge in [-0.25, -0.2) is 0 Å². The number of carbonyl (C=O) groups is 2. The molecule has 36 heavy (non-hydrogen) atoms. The van der Waals surface area contributed by atoms with E-state index in [0.717, 1.165) is 16.9 Å². The van der Waals surface area contributed by atoms with Gasteiger partial charge in [0.1, 0.15) is 17.2 Å². The number of amides is 2. The van der Waals surface area contributed by atoms with Gasteiger partial charge in [0.15, 0.2) is 0 Å². The third-order valence-electron chi connectivity index (χ3n) is 5.05. The van der Waals surface area contributed by atoms with E-state index in [1.165, 1.54) is 0 Å². The fraction of sp³-hybridized carbons (Fsp3) is 0.267. The minimum absolute atomic E-state index is 0.0622. The Labute approximate surface area is 213 Å². The van der Waals surface area contributed by atoms with E-state index in [4.69, 9.17) is 9.47 Å². The Balaban J connectivity index is 1.76. The first-order valence-electron chi connectivity index (χ1n) is 12.1. The third-order valence-corrected chi connectivity index (χ3v) is 5.05. The summed E-state index contributed by atoms with van der Waals surface area (Å²) in [5, 5.41) is 5.66. The van der Waals surface area contributed by atoms with Gasteiger partial charge in [-0.05, 0) is 73.4 Å². The van der Waals surface area contributed by atoms with Crippen molar-refractivity contribution in [2.24, 2.45) is 5.92 Å². The Morgan fingerprint density at radius 1 is 0.833 bits per heavy atom. The first-order chi connectivity index (χ1) is 17.3. The number of benzene rings is 3. The second kappa shape index (κ2) is 13.1. The van der Waals surface area contributed by atoms with E-state index < -0.39 is 0 Å². The highest BCUT2D eigenvalue weighted by atomic mass is 16.5. The number of hydrogen-bond acceptors (Lipinski definition) is 4. The zero-order valence-electron chi connectivity index (χ0n) is 21.3. The SMILES string of the molecule is CC(C)COc1ccc(C(=O)N/C(=C/c2ccc(OC(C)C)cc2)C(=O)NCc2ccccc2)cc1. The van der Waals surface area contributed by atoms with Crippen molar-refractivity contribution >= 4 is 17.9 Å². The van der Waals surface area contributed by atoms with Crippen LogP contribution in [0.15, 0.2) is 84.6 Å². The molecule has 0 bridgehead atoms. The Bertz CT molecular complexity index is 1150. The summed E-state index contributed by atoms with van der Waals surface area (Å²) in [5.74, 6) is 1.07. The Hall–Kier alpha value is -4.06. The summed E-state index contributed by atoms with van der Waals surface area (Å²) in [6.45, 7) is 9.01. The zero-order valence-corrected chi connectivity index (χ0v) is 21.3. The summed E-state index contributed by atoms with van der Waals surface area (Å²) in [6.07, 6.45) is 1.71. The molecule has 0 fully saturated rings. The summed E-state index contributed by atoms with van der Waals surface area (Å²) >= 11 is 0. The van der Waals surface area contributed by atoms with Crippen LogP contribution in [-0.2, 0) is 11.3 Å². The van der Waals surface area contributed by atoms with Gasteiger partial charge in [0, 0.05) is 12.1 Å². The molecule has 0 aromatic heterocycles. The van der Waals surface area contributed by atoms with Gasteiger partial charge >= 0.3 is 0 Å². The standard InChI is InChI=1S/C30H34N2O4/c1-21(2)20-35-26-16-12-25(13-17-26)29(33)32-28(30(34)31-19-24-8-6-5-7-9-24)18-23-10-14-27(15-11-23)36-22(3)4/h5-18,21-22H,19-20H2,1-4H3,(H,31,34)(H,32,33)/b28-18+. The molecule has 0 aliphatic rings. The number of rotatable bonds is 11. The molecule has 0 radical (unpaired) electrons. The number of carbonyl (C=O) groups excluding carboxylic acids is 2. The molecule has 0 saturated heterocycles. The van der Waals surface area contributed by atoms with Crippen molar-refractivity contribution in [3.63, 3.8) is 0 Å². The molecule has 3 aromatic carbocycles. The summed E-state index contributed by atoms with van der Waals surface area (Å²) in [5.41, 5.74) is 2.29. The highest BCUT2D eigenvalue weighted by molar-refractivity contribution is 6.05. The maximum Gasteiger partial charge on any atom is 0.268 e. The van der Waals surface area contributed by atoms with E-state index in [1.54, 1.807) is 30.3 Å². The fourth-order valence-corrected chi connectivity index (χ4v) is 3.27. The van der Waals surface area contributed by atoms with Crippen LogP contribution in [0.5, 0.6) is 11.5 Å². The van der Waals surface area contributed by atoms with Crippen LogP contribution in [0.4, 0.5) is 0 Å². The van der Waals surface area contributed by atoms with Gasteiger partial charge in [0.05, 0.1) is 12.7 Å². The molecule has 3 aromatic rings. The van der Waals surface area contributed by atoms with Crippen LogP contribution >= 0.6 is 0 Å². The maximum atomic E-state index is 13.1. The van der Waals surface area contributed by atoms with Crippen LogP contribution < -0.4 is 20.1 Å². The molecule has 2 N–H and O–H groups in total. The van der Waals surface area contributed by atoms with Crippen molar-refractivity contribution in [1.82, 2.24) is 10.6 Å². The zero-order chi connectivity index (χ0) is 25.9. The minimum atomic E-state index is -0.383. The summed E-state index contributed by atoms with van der Waals surface area (Å²) in [4.78, 5) is 26.0. The summed E-state index contributed by atoms with van der Waals surface area (Å²) in [7, 11) is 0. The van der Waals surface area contributed by atoms with Crippen LogP contribution in [0, 0.1) is 5.92 Å². The lowest BCUT2D eigenvalue weighted by molar-refractivity contribution is -0.117. The molecule has 188 valence electrons. The van der Waals surface area contributed by atoms with Crippen molar-refractivity contribution in [2.45, 2.75) is 40.3 Å². The maximum absolute atomic E-state index is 13.1. The molecule has 0 spiro atoms. The van der Waals surface area contributed by atoms with Crippen molar-refractivity contribution in [3.05, 3.63) is 101 Å². The van der Waals surface area contributed by atoms with E-state index in [9.17, 15) is 9.59 Å². The average molecular weight is 487 g/mol. The van der Waals surface area contributed by atoms with E-state index in [2.05, 4.69) is 24.5 Å². The monoisotopic (exact) mass is 486 g/mol. The van der Waals surface area contributed by atoms with Crippen LogP contribution in [0.3, 0.4) is 0 Å². The van der Waals surface area contributed by atoms with Gasteiger partial charge in [0.25, 0.3) is 11.8 Å². The number of ether oxygens (including phenoxy) is 2. The Morgan fingerprint density at radius 3 is 2.08 bits per heavy atom. The van der Waals surface area contributed by atoms with Crippen LogP contribution in [0.25, 0.3) is 6.08 Å². The normalized spacial score (nSPS) is 11.3. The second-order valence-electron chi connectivity index (χ2n) is 9.15. The predicted molar refractivity (Wildman–Crippen MR) is 143 cm³/mol. The van der Waals surface area contributed by atoms with Crippen LogP contribution in [0.2, 0.25) is 0 Å². The van der Waals surface area contributed by atoms with Crippen molar-refractivity contribution in [3.8, 4) is 11.5 Å². The third kappa shape index (κ3) is 8.62. The van der Waals surface area contributed by atoms with E-state index in [0.29, 0.717) is 30.4 Å². The average Bonchev–Trinajstić information content (AvgIpc) is 2.87. The first kappa shape index (κ1) is 26.5. The van der Waals surface area contributed by atoms with Crippen molar-refractivity contribution < 1.29 is 19.1 Å². The van der Waals surface area contributed by atoms with Crippen molar-refractivity contribution in [2.75, 3.05) is 6.61 Å². The highest BCUT2D eigenvalue weighted by Crippen LogP contribution is 2.17. The highest BCUT2D eigenvalue weighted by Gasteiger charge is 2.15. The molecule has 0 aliphatic heterocycles. The van der Waals surface area contributed by atoms with E-state index >= 15 is 0 Å². The van der Waals surface area contributed by atoms with Crippen molar-refractivity contribution in [1.29, 1.82) is 0 Å². The van der Waals surface area contributed by atoms with Gasteiger partial charge < -0.3 is 20.1 Å².